The fourth-order valence-corrected chi connectivity index (χ4v) is 2.96. The fourth-order valence-electron chi connectivity index (χ4n) is 2.79. The van der Waals surface area contributed by atoms with Crippen LogP contribution in [0.4, 0.5) is 0 Å². The van der Waals surface area contributed by atoms with E-state index in [2.05, 4.69) is 28.2 Å². The third kappa shape index (κ3) is 2.08. The Hall–Kier alpha value is -0.290. The van der Waals surface area contributed by atoms with E-state index >= 15 is 0 Å². The van der Waals surface area contributed by atoms with Gasteiger partial charge in [0.25, 0.3) is 5.82 Å². The fraction of sp³-hybridized carbons (Fsp3) is 0.462. The summed E-state index contributed by atoms with van der Waals surface area (Å²) in [6.07, 6.45) is 3.80. The molecule has 0 atom stereocenters. The molecule has 1 aromatic heterocycles. The van der Waals surface area contributed by atoms with E-state index < -0.39 is 0 Å². The molecule has 0 saturated carbocycles. The summed E-state index contributed by atoms with van der Waals surface area (Å²) >= 11 is 6.09. The van der Waals surface area contributed by atoms with E-state index in [9.17, 15) is 0 Å². The Labute approximate surface area is 124 Å². The summed E-state index contributed by atoms with van der Waals surface area (Å²) in [6.45, 7) is 4.38. The van der Waals surface area contributed by atoms with Crippen molar-refractivity contribution in [1.29, 1.82) is 0 Å². The van der Waals surface area contributed by atoms with Crippen LogP contribution < -0.4 is 28.5 Å². The topological polar surface area (TPSA) is 8.81 Å². The minimum Gasteiger partial charge on any atom is -1.00 e. The normalized spacial score (nSPS) is 14.5. The predicted molar refractivity (Wildman–Crippen MR) is 65.8 cm³/mol. The summed E-state index contributed by atoms with van der Waals surface area (Å²) in [6, 6.07) is 6.23. The molecule has 92 valence electrons. The highest BCUT2D eigenvalue weighted by atomic mass is 127. The zero-order chi connectivity index (χ0) is 11.1. The van der Waals surface area contributed by atoms with Gasteiger partial charge in [0.05, 0.1) is 13.1 Å². The van der Waals surface area contributed by atoms with Crippen LogP contribution in [-0.2, 0) is 19.5 Å². The number of fused-ring (bicyclic) bond motifs is 3. The first kappa shape index (κ1) is 13.1. The van der Waals surface area contributed by atoms with Gasteiger partial charge in [-0.05, 0) is 31.9 Å². The molecule has 0 radical (unpaired) electrons. The first-order chi connectivity index (χ1) is 7.81. The molecule has 3 rings (SSSR count). The van der Waals surface area contributed by atoms with Crippen molar-refractivity contribution < 1.29 is 28.5 Å². The molecule has 1 aliphatic rings. The summed E-state index contributed by atoms with van der Waals surface area (Å²) in [5, 5.41) is 0.831. The van der Waals surface area contributed by atoms with Crippen LogP contribution in [0.25, 0.3) is 11.0 Å². The number of nitrogens with zero attached hydrogens (tertiary/aromatic N) is 2. The van der Waals surface area contributed by atoms with Crippen molar-refractivity contribution in [2.45, 2.75) is 39.3 Å². The van der Waals surface area contributed by atoms with Crippen molar-refractivity contribution in [3.05, 3.63) is 29.0 Å². The van der Waals surface area contributed by atoms with Gasteiger partial charge < -0.3 is 24.0 Å². The number of benzene rings is 1. The van der Waals surface area contributed by atoms with Crippen molar-refractivity contribution in [3.63, 3.8) is 0 Å². The largest absolute Gasteiger partial charge is 1.00 e. The molecule has 0 fully saturated rings. The van der Waals surface area contributed by atoms with Crippen LogP contribution in [0.1, 0.15) is 25.6 Å². The second-order valence-electron chi connectivity index (χ2n) is 4.40. The van der Waals surface area contributed by atoms with Gasteiger partial charge in [-0.2, -0.15) is 0 Å². The zero-order valence-electron chi connectivity index (χ0n) is 9.92. The third-order valence-electron chi connectivity index (χ3n) is 3.49. The first-order valence-electron chi connectivity index (χ1n) is 6.01. The molecule has 0 unspecified atom stereocenters. The van der Waals surface area contributed by atoms with Crippen molar-refractivity contribution in [3.8, 4) is 0 Å². The summed E-state index contributed by atoms with van der Waals surface area (Å²) < 4.78 is 4.86. The maximum atomic E-state index is 6.09. The van der Waals surface area contributed by atoms with Crippen molar-refractivity contribution in [1.82, 2.24) is 4.57 Å². The van der Waals surface area contributed by atoms with E-state index in [0.29, 0.717) is 0 Å². The molecular formula is C13H16ClIN2. The van der Waals surface area contributed by atoms with Gasteiger partial charge in [-0.25, -0.2) is 9.13 Å². The van der Waals surface area contributed by atoms with Gasteiger partial charge >= 0.3 is 0 Å². The summed E-state index contributed by atoms with van der Waals surface area (Å²) in [4.78, 5) is 0. The van der Waals surface area contributed by atoms with E-state index in [-0.39, 0.29) is 24.0 Å². The van der Waals surface area contributed by atoms with Gasteiger partial charge in [0.2, 0.25) is 0 Å². The molecule has 1 aliphatic heterocycles. The highest BCUT2D eigenvalue weighted by Crippen LogP contribution is 2.22. The van der Waals surface area contributed by atoms with E-state index in [1.165, 1.54) is 36.1 Å². The molecule has 17 heavy (non-hydrogen) atoms. The molecule has 4 heteroatoms. The molecule has 2 heterocycles. The Morgan fingerprint density at radius 1 is 1.35 bits per heavy atom. The van der Waals surface area contributed by atoms with E-state index in [1.807, 2.05) is 6.07 Å². The maximum Gasteiger partial charge on any atom is 0.257 e. The average molecular weight is 363 g/mol. The molecule has 2 aromatic rings. The van der Waals surface area contributed by atoms with Gasteiger partial charge in [0, 0.05) is 17.5 Å². The molecule has 1 aromatic carbocycles. The van der Waals surface area contributed by atoms with Gasteiger partial charge in [0.15, 0.2) is 11.0 Å². The SMILES string of the molecule is CCn1c2[n+](c3ccc(Cl)cc31)CCCC2.[I-]. The van der Waals surface area contributed by atoms with E-state index in [1.54, 1.807) is 0 Å². The van der Waals surface area contributed by atoms with Crippen molar-refractivity contribution >= 4 is 22.6 Å². The lowest BCUT2D eigenvalue weighted by atomic mass is 10.1. The Kier molecular flexibility index (Phi) is 3.98. The second-order valence-corrected chi connectivity index (χ2v) is 4.84. The van der Waals surface area contributed by atoms with Gasteiger partial charge in [-0.15, -0.1) is 0 Å². The number of halogens is 2. The second kappa shape index (κ2) is 5.14. The number of aryl methyl sites for hydroxylation is 2. The molecule has 0 saturated heterocycles. The number of hydrogen-bond donors (Lipinski definition) is 0. The average Bonchev–Trinajstić information content (AvgIpc) is 2.61. The monoisotopic (exact) mass is 362 g/mol. The molecule has 0 spiro atoms. The lowest BCUT2D eigenvalue weighted by molar-refractivity contribution is -0.685. The Bertz CT molecular complexity index is 548. The van der Waals surface area contributed by atoms with E-state index in [4.69, 9.17) is 11.6 Å². The Balaban J connectivity index is 0.00000108. The molecule has 0 aliphatic carbocycles. The number of hydrogen-bond acceptors (Lipinski definition) is 0. The Morgan fingerprint density at radius 3 is 2.94 bits per heavy atom. The molecule has 0 amide bonds. The van der Waals surface area contributed by atoms with Crippen LogP contribution in [-0.4, -0.2) is 4.57 Å². The summed E-state index contributed by atoms with van der Waals surface area (Å²) in [7, 11) is 0. The number of aromatic nitrogens is 2. The lowest BCUT2D eigenvalue weighted by Gasteiger charge is -2.08. The molecule has 0 N–H and O–H groups in total. The van der Waals surface area contributed by atoms with Crippen molar-refractivity contribution in [2.75, 3.05) is 0 Å². The Morgan fingerprint density at radius 2 is 2.18 bits per heavy atom. The van der Waals surface area contributed by atoms with Crippen molar-refractivity contribution in [2.24, 2.45) is 0 Å². The summed E-state index contributed by atoms with van der Waals surface area (Å²) in [5.74, 6) is 1.46. The predicted octanol–water partition coefficient (Wildman–Crippen LogP) is -0.0576. The third-order valence-corrected chi connectivity index (χ3v) is 3.73. The quantitative estimate of drug-likeness (QED) is 0.497. The van der Waals surface area contributed by atoms with Crippen LogP contribution in [0.3, 0.4) is 0 Å². The molecular weight excluding hydrogens is 347 g/mol. The van der Waals surface area contributed by atoms with Gasteiger partial charge in [-0.3, -0.25) is 0 Å². The highest BCUT2D eigenvalue weighted by molar-refractivity contribution is 6.31. The van der Waals surface area contributed by atoms with Crippen LogP contribution in [0.2, 0.25) is 5.02 Å². The van der Waals surface area contributed by atoms with Gasteiger partial charge in [-0.1, -0.05) is 11.6 Å². The standard InChI is InChI=1S/C13H16ClN2.HI/c1-2-15-12-9-10(14)6-7-11(12)16-8-4-3-5-13(15)16;/h6-7,9H,2-5,8H2,1H3;1H/q+1;/p-1. The van der Waals surface area contributed by atoms with Crippen LogP contribution in [0.5, 0.6) is 0 Å². The smallest absolute Gasteiger partial charge is 0.257 e. The van der Waals surface area contributed by atoms with Crippen LogP contribution in [0, 0.1) is 0 Å². The van der Waals surface area contributed by atoms with Crippen LogP contribution in [0.15, 0.2) is 18.2 Å². The van der Waals surface area contributed by atoms with Gasteiger partial charge in [0.1, 0.15) is 0 Å². The maximum absolute atomic E-state index is 6.09. The number of imidazole rings is 1. The minimum atomic E-state index is 0. The summed E-state index contributed by atoms with van der Waals surface area (Å²) in [5.41, 5.74) is 2.62. The lowest BCUT2D eigenvalue weighted by Crippen LogP contribution is -3.00. The van der Waals surface area contributed by atoms with E-state index in [0.717, 1.165) is 18.1 Å². The molecule has 0 bridgehead atoms. The highest BCUT2D eigenvalue weighted by Gasteiger charge is 2.26. The first-order valence-corrected chi connectivity index (χ1v) is 6.39. The minimum absolute atomic E-state index is 0. The van der Waals surface area contributed by atoms with Crippen LogP contribution >= 0.6 is 11.6 Å². The number of rotatable bonds is 1. The zero-order valence-corrected chi connectivity index (χ0v) is 12.8. The molecule has 2 nitrogen and oxygen atoms in total.